The van der Waals surface area contributed by atoms with Gasteiger partial charge in [0.15, 0.2) is 0 Å². The van der Waals surface area contributed by atoms with Crippen molar-refractivity contribution in [2.75, 3.05) is 0 Å². The largest absolute Gasteiger partial charge is 2.00 e. The maximum atomic E-state index is 8.25. The Kier molecular flexibility index (Phi) is 199. The van der Waals surface area contributed by atoms with Crippen molar-refractivity contribution in [2.24, 2.45) is 0 Å². The smallest absolute Gasteiger partial charge is 0.554 e. The Morgan fingerprint density at radius 3 is 1.00 bits per heavy atom. The van der Waals surface area contributed by atoms with Gasteiger partial charge in [-0.15, -0.1) is 0 Å². The van der Waals surface area contributed by atoms with Crippen LogP contribution in [0.2, 0.25) is 0 Å². The van der Waals surface area contributed by atoms with E-state index in [0.717, 1.165) is 0 Å². The molecule has 0 aliphatic heterocycles. The monoisotopic (exact) mass is 211 g/mol. The second-order valence-electron chi connectivity index (χ2n) is 0.192. The minimum atomic E-state index is -0.500. The van der Waals surface area contributed by atoms with E-state index in [9.17, 15) is 0 Å². The molecule has 0 fully saturated rings. The molecule has 0 unspecified atom stereocenters. The van der Waals surface area contributed by atoms with Crippen LogP contribution in [0.3, 0.4) is 0 Å². The molecule has 0 rings (SSSR count). The molecule has 1 radical (unpaired) electrons. The molecule has 0 saturated carbocycles. The molecule has 8 heavy (non-hydrogen) atoms. The van der Waals surface area contributed by atoms with Gasteiger partial charge in [0, 0.05) is 12.9 Å². The zero-order valence-corrected chi connectivity index (χ0v) is 5.33. The molecule has 0 bridgehead atoms. The van der Waals surface area contributed by atoms with E-state index in [-0.39, 0.29) is 33.6 Å². The molecule has 0 aliphatic carbocycles. The first-order valence-electron chi connectivity index (χ1n) is 0.943. The van der Waals surface area contributed by atoms with Crippen molar-refractivity contribution in [2.45, 2.75) is 0 Å². The maximum absolute atomic E-state index is 8.25. The average Bonchev–Trinajstić information content (AvgIpc) is 1.39. The first kappa shape index (κ1) is 24.6. The third kappa shape index (κ3) is 66100. The van der Waals surface area contributed by atoms with Gasteiger partial charge >= 0.3 is 33.6 Å². The topological polar surface area (TPSA) is 80.3 Å². The summed E-state index contributed by atoms with van der Waals surface area (Å²) in [5, 5.41) is 16.5. The Balaban J connectivity index is -0.0000000160. The summed E-state index contributed by atoms with van der Waals surface area (Å²) >= 11 is 0. The van der Waals surface area contributed by atoms with Crippen LogP contribution >= 0.6 is 0 Å². The standard InChI is InChI=1S/2CH2O2.Cu.Ni/c2*2-1-3;;/h2*1H,(H,2,3);;/q;;2*+2/p-2. The first-order chi connectivity index (χ1) is 2.83. The average molecular weight is 212 g/mol. The van der Waals surface area contributed by atoms with Crippen LogP contribution < -0.4 is 10.2 Å². The van der Waals surface area contributed by atoms with Crippen molar-refractivity contribution in [1.29, 1.82) is 0 Å². The van der Waals surface area contributed by atoms with Gasteiger partial charge in [-0.3, -0.25) is 0 Å². The molecule has 0 aliphatic rings. The van der Waals surface area contributed by atoms with Crippen molar-refractivity contribution in [3.8, 4) is 0 Å². The van der Waals surface area contributed by atoms with E-state index in [2.05, 4.69) is 0 Å². The SMILES string of the molecule is O=C[O-].O=C[O-].[Cu+2].[Ni+2]. The number of rotatable bonds is 0. The molecule has 0 spiro atoms. The molecule has 0 amide bonds. The number of hydrogen-bond donors (Lipinski definition) is 0. The van der Waals surface area contributed by atoms with Gasteiger partial charge in [-0.2, -0.15) is 0 Å². The molecule has 53 valence electrons. The Hall–Kier alpha value is -0.0470. The van der Waals surface area contributed by atoms with E-state index in [4.69, 9.17) is 19.8 Å². The number of carboxylic acid groups (broad SMARTS) is 2. The molecule has 0 aromatic heterocycles. The van der Waals surface area contributed by atoms with E-state index in [0.29, 0.717) is 0 Å². The van der Waals surface area contributed by atoms with Gasteiger partial charge in [0.25, 0.3) is 0 Å². The summed E-state index contributed by atoms with van der Waals surface area (Å²) in [4.78, 5) is 16.5. The molecular weight excluding hydrogens is 210 g/mol. The predicted octanol–water partition coefficient (Wildman–Crippen LogP) is -3.27. The molecule has 4 nitrogen and oxygen atoms in total. The second-order valence-corrected chi connectivity index (χ2v) is 0.192. The van der Waals surface area contributed by atoms with E-state index in [1.54, 1.807) is 0 Å². The minimum absolute atomic E-state index is 0. The van der Waals surface area contributed by atoms with E-state index in [1.165, 1.54) is 0 Å². The molecule has 0 atom stereocenters. The second kappa shape index (κ2) is 64.6. The fraction of sp³-hybridized carbons (Fsp3) is 0. The van der Waals surface area contributed by atoms with Crippen molar-refractivity contribution in [3.63, 3.8) is 0 Å². The van der Waals surface area contributed by atoms with Crippen LogP contribution in [0, 0.1) is 0 Å². The number of carbonyl (C=O) groups excluding carboxylic acids is 2. The predicted molar refractivity (Wildman–Crippen MR) is 12.1 cm³/mol. The Labute approximate surface area is 66.7 Å². The number of carbonyl (C=O) groups is 2. The summed E-state index contributed by atoms with van der Waals surface area (Å²) in [5.74, 6) is 0. The van der Waals surface area contributed by atoms with Gasteiger partial charge in [-0.05, 0) is 0 Å². The molecule has 0 aromatic carbocycles. The zero-order chi connectivity index (χ0) is 5.41. The van der Waals surface area contributed by atoms with Gasteiger partial charge in [-0.1, -0.05) is 0 Å². The van der Waals surface area contributed by atoms with Crippen molar-refractivity contribution < 1.29 is 53.4 Å². The fourth-order valence-corrected chi connectivity index (χ4v) is 0. The van der Waals surface area contributed by atoms with Crippen LogP contribution in [-0.4, -0.2) is 12.9 Å². The van der Waals surface area contributed by atoms with Crippen LogP contribution in [-0.2, 0) is 43.1 Å². The third-order valence-electron chi connectivity index (χ3n) is 0. The van der Waals surface area contributed by atoms with Gasteiger partial charge in [0.05, 0.1) is 0 Å². The quantitative estimate of drug-likeness (QED) is 0.312. The Bertz CT molecular complexity index is 35.0. The van der Waals surface area contributed by atoms with Crippen LogP contribution in [0.25, 0.3) is 0 Å². The fourth-order valence-electron chi connectivity index (χ4n) is 0. The summed E-state index contributed by atoms with van der Waals surface area (Å²) < 4.78 is 0. The molecule has 0 N–H and O–H groups in total. The van der Waals surface area contributed by atoms with Gasteiger partial charge in [0.2, 0.25) is 0 Å². The minimum Gasteiger partial charge on any atom is -0.554 e. The zero-order valence-electron chi connectivity index (χ0n) is 3.41. The molecule has 6 heteroatoms. The van der Waals surface area contributed by atoms with Crippen molar-refractivity contribution in [3.05, 3.63) is 0 Å². The van der Waals surface area contributed by atoms with Gasteiger partial charge in [0.1, 0.15) is 0 Å². The van der Waals surface area contributed by atoms with Crippen LogP contribution in [0.15, 0.2) is 0 Å². The van der Waals surface area contributed by atoms with Gasteiger partial charge in [-0.25, -0.2) is 0 Å². The normalized spacial score (nSPS) is 3.00. The summed E-state index contributed by atoms with van der Waals surface area (Å²) in [6, 6.07) is 0. The van der Waals surface area contributed by atoms with Crippen LogP contribution in [0.5, 0.6) is 0 Å². The first-order valence-corrected chi connectivity index (χ1v) is 0.943. The maximum Gasteiger partial charge on any atom is 2.00 e. The molecular formula is C2H2CuNiO4+2. The van der Waals surface area contributed by atoms with E-state index < -0.39 is 12.9 Å². The summed E-state index contributed by atoms with van der Waals surface area (Å²) in [6.45, 7) is -1.00. The van der Waals surface area contributed by atoms with E-state index in [1.807, 2.05) is 0 Å². The molecule has 0 saturated heterocycles. The molecule has 0 aromatic rings. The molecule has 0 heterocycles. The summed E-state index contributed by atoms with van der Waals surface area (Å²) in [7, 11) is 0. The summed E-state index contributed by atoms with van der Waals surface area (Å²) in [6.07, 6.45) is 0. The Morgan fingerprint density at radius 1 is 1.00 bits per heavy atom. The number of hydrogen-bond acceptors (Lipinski definition) is 4. The van der Waals surface area contributed by atoms with Crippen molar-refractivity contribution >= 4 is 12.9 Å². The summed E-state index contributed by atoms with van der Waals surface area (Å²) in [5.41, 5.74) is 0. The van der Waals surface area contributed by atoms with Gasteiger partial charge < -0.3 is 19.8 Å². The van der Waals surface area contributed by atoms with Crippen molar-refractivity contribution in [1.82, 2.24) is 0 Å². The van der Waals surface area contributed by atoms with E-state index >= 15 is 0 Å². The van der Waals surface area contributed by atoms with Crippen LogP contribution in [0.4, 0.5) is 0 Å². The van der Waals surface area contributed by atoms with Crippen LogP contribution in [0.1, 0.15) is 0 Å². The third-order valence-corrected chi connectivity index (χ3v) is 0. The Morgan fingerprint density at radius 2 is 1.00 bits per heavy atom.